The molecule has 0 bridgehead atoms. The molecule has 0 unspecified atom stereocenters. The lowest BCUT2D eigenvalue weighted by atomic mass is 10.0. The molecule has 22 heavy (non-hydrogen) atoms. The molecule has 114 valence electrons. The largest absolute Gasteiger partial charge is 0.361 e. The number of allylic oxidation sites excluding steroid dienone is 1. The molecule has 0 heterocycles. The highest BCUT2D eigenvalue weighted by atomic mass is 35.5. The third-order valence-electron chi connectivity index (χ3n) is 3.60. The zero-order valence-corrected chi connectivity index (χ0v) is 13.8. The number of carbonyl (C=O) groups is 1. The molecule has 0 atom stereocenters. The van der Waals surface area contributed by atoms with Crippen LogP contribution >= 0.6 is 11.6 Å². The van der Waals surface area contributed by atoms with Crippen molar-refractivity contribution in [3.8, 4) is 0 Å². The van der Waals surface area contributed by atoms with Crippen LogP contribution in [0.25, 0.3) is 0 Å². The quantitative estimate of drug-likeness (QED) is 0.576. The summed E-state index contributed by atoms with van der Waals surface area (Å²) in [5.41, 5.74) is 3.77. The summed E-state index contributed by atoms with van der Waals surface area (Å²) in [7, 11) is 0. The van der Waals surface area contributed by atoms with Gasteiger partial charge in [0.25, 0.3) is 0 Å². The van der Waals surface area contributed by atoms with Gasteiger partial charge in [0.2, 0.25) is 0 Å². The van der Waals surface area contributed by atoms with Crippen molar-refractivity contribution >= 4 is 23.1 Å². The van der Waals surface area contributed by atoms with Crippen LogP contribution in [0.2, 0.25) is 5.02 Å². The van der Waals surface area contributed by atoms with Gasteiger partial charge in [-0.15, -0.1) is 0 Å². The van der Waals surface area contributed by atoms with Crippen LogP contribution in [0.1, 0.15) is 41.3 Å². The molecule has 2 aromatic rings. The van der Waals surface area contributed by atoms with E-state index in [-0.39, 0.29) is 5.78 Å². The number of ketones is 1. The number of benzene rings is 2. The van der Waals surface area contributed by atoms with Gasteiger partial charge in [-0.2, -0.15) is 0 Å². The number of anilines is 1. The first-order valence-corrected chi connectivity index (χ1v) is 7.69. The minimum absolute atomic E-state index is 0.0255. The summed E-state index contributed by atoms with van der Waals surface area (Å²) in [6.45, 7) is 6.20. The lowest BCUT2D eigenvalue weighted by molar-refractivity contribution is 0.104. The highest BCUT2D eigenvalue weighted by Gasteiger charge is 2.04. The molecule has 0 spiro atoms. The summed E-state index contributed by atoms with van der Waals surface area (Å²) in [6, 6.07) is 13.4. The molecular formula is C19H20ClNO. The Morgan fingerprint density at radius 2 is 1.82 bits per heavy atom. The Morgan fingerprint density at radius 1 is 1.14 bits per heavy atom. The van der Waals surface area contributed by atoms with E-state index in [0.29, 0.717) is 16.5 Å². The molecular weight excluding hydrogens is 294 g/mol. The van der Waals surface area contributed by atoms with E-state index < -0.39 is 0 Å². The van der Waals surface area contributed by atoms with Gasteiger partial charge in [-0.1, -0.05) is 55.8 Å². The number of carbonyl (C=O) groups excluding carboxylic acids is 1. The van der Waals surface area contributed by atoms with Gasteiger partial charge in [-0.05, 0) is 36.1 Å². The van der Waals surface area contributed by atoms with Crippen LogP contribution in [0.15, 0.2) is 54.7 Å². The van der Waals surface area contributed by atoms with Crippen LogP contribution < -0.4 is 5.32 Å². The van der Waals surface area contributed by atoms with Crippen LogP contribution in [0.5, 0.6) is 0 Å². The second kappa shape index (κ2) is 7.28. The molecule has 0 aliphatic carbocycles. The minimum Gasteiger partial charge on any atom is -0.361 e. The molecule has 0 saturated heterocycles. The second-order valence-corrected chi connectivity index (χ2v) is 5.94. The van der Waals surface area contributed by atoms with Crippen molar-refractivity contribution in [2.24, 2.45) is 0 Å². The fourth-order valence-corrected chi connectivity index (χ4v) is 2.27. The molecule has 0 aromatic heterocycles. The van der Waals surface area contributed by atoms with E-state index in [4.69, 9.17) is 11.6 Å². The highest BCUT2D eigenvalue weighted by Crippen LogP contribution is 2.22. The maximum Gasteiger partial charge on any atom is 0.187 e. The topological polar surface area (TPSA) is 29.1 Å². The third kappa shape index (κ3) is 3.99. The van der Waals surface area contributed by atoms with E-state index in [9.17, 15) is 4.79 Å². The first-order chi connectivity index (χ1) is 10.5. The lowest BCUT2D eigenvalue weighted by Crippen LogP contribution is -1.98. The van der Waals surface area contributed by atoms with E-state index in [0.717, 1.165) is 11.3 Å². The van der Waals surface area contributed by atoms with Gasteiger partial charge in [-0.3, -0.25) is 4.79 Å². The molecule has 2 rings (SSSR count). The minimum atomic E-state index is -0.0255. The normalized spacial score (nSPS) is 11.1. The van der Waals surface area contributed by atoms with Crippen LogP contribution in [-0.4, -0.2) is 5.78 Å². The summed E-state index contributed by atoms with van der Waals surface area (Å²) in [4.78, 5) is 12.1. The molecule has 0 radical (unpaired) electrons. The second-order valence-electron chi connectivity index (χ2n) is 5.53. The number of hydrogen-bond acceptors (Lipinski definition) is 2. The summed E-state index contributed by atoms with van der Waals surface area (Å²) in [6.07, 6.45) is 3.18. The molecule has 2 aromatic carbocycles. The van der Waals surface area contributed by atoms with E-state index in [1.807, 2.05) is 49.4 Å². The van der Waals surface area contributed by atoms with Crippen molar-refractivity contribution in [2.45, 2.75) is 26.7 Å². The Kier molecular flexibility index (Phi) is 5.40. The van der Waals surface area contributed by atoms with Gasteiger partial charge < -0.3 is 5.32 Å². The van der Waals surface area contributed by atoms with Crippen molar-refractivity contribution < 1.29 is 4.79 Å². The third-order valence-corrected chi connectivity index (χ3v) is 4.01. The predicted molar refractivity (Wildman–Crippen MR) is 93.8 cm³/mol. The van der Waals surface area contributed by atoms with Crippen molar-refractivity contribution in [1.82, 2.24) is 0 Å². The fraction of sp³-hybridized carbons (Fsp3) is 0.211. The molecule has 2 nitrogen and oxygen atoms in total. The Bertz CT molecular complexity index is 687. The molecule has 0 amide bonds. The first kappa shape index (κ1) is 16.3. The molecule has 0 aliphatic rings. The zero-order chi connectivity index (χ0) is 16.1. The molecule has 1 N–H and O–H groups in total. The van der Waals surface area contributed by atoms with Gasteiger partial charge in [-0.25, -0.2) is 0 Å². The molecule has 0 saturated carbocycles. The SMILES string of the molecule is Cc1c(Cl)cccc1NC=CC(=O)c1ccc(C(C)C)cc1. The highest BCUT2D eigenvalue weighted by molar-refractivity contribution is 6.31. The fourth-order valence-electron chi connectivity index (χ4n) is 2.10. The average Bonchev–Trinajstić information content (AvgIpc) is 2.51. The van der Waals surface area contributed by atoms with Crippen molar-refractivity contribution in [2.75, 3.05) is 5.32 Å². The smallest absolute Gasteiger partial charge is 0.187 e. The molecule has 0 fully saturated rings. The van der Waals surface area contributed by atoms with Gasteiger partial charge in [0.05, 0.1) is 0 Å². The Balaban J connectivity index is 2.03. The summed E-state index contributed by atoms with van der Waals surface area (Å²) in [5.74, 6) is 0.439. The predicted octanol–water partition coefficient (Wildman–Crippen LogP) is 5.58. The van der Waals surface area contributed by atoms with Gasteiger partial charge in [0.1, 0.15) is 0 Å². The van der Waals surface area contributed by atoms with Crippen LogP contribution in [0.4, 0.5) is 5.69 Å². The number of rotatable bonds is 5. The van der Waals surface area contributed by atoms with E-state index in [1.165, 1.54) is 11.6 Å². The van der Waals surface area contributed by atoms with Crippen LogP contribution in [0.3, 0.4) is 0 Å². The monoisotopic (exact) mass is 313 g/mol. The first-order valence-electron chi connectivity index (χ1n) is 7.31. The average molecular weight is 314 g/mol. The van der Waals surface area contributed by atoms with Crippen molar-refractivity contribution in [3.63, 3.8) is 0 Å². The van der Waals surface area contributed by atoms with Crippen molar-refractivity contribution in [3.05, 3.63) is 76.5 Å². The van der Waals surface area contributed by atoms with Crippen LogP contribution in [-0.2, 0) is 0 Å². The summed E-state index contributed by atoms with van der Waals surface area (Å²) >= 11 is 6.06. The Hall–Kier alpha value is -2.06. The number of halogens is 1. The maximum atomic E-state index is 12.1. The summed E-state index contributed by atoms with van der Waals surface area (Å²) in [5, 5.41) is 3.80. The van der Waals surface area contributed by atoms with Gasteiger partial charge >= 0.3 is 0 Å². The Labute approximate surface area is 136 Å². The van der Waals surface area contributed by atoms with E-state index >= 15 is 0 Å². The van der Waals surface area contributed by atoms with Crippen LogP contribution in [0, 0.1) is 6.92 Å². The lowest BCUT2D eigenvalue weighted by Gasteiger charge is -2.07. The number of hydrogen-bond donors (Lipinski definition) is 1. The number of nitrogens with one attached hydrogen (secondary N) is 1. The summed E-state index contributed by atoms with van der Waals surface area (Å²) < 4.78 is 0. The standard InChI is InChI=1S/C19H20ClNO/c1-13(2)15-7-9-16(10-8-15)19(22)11-12-21-18-6-4-5-17(20)14(18)3/h4-13,21H,1-3H3. The molecule has 3 heteroatoms. The zero-order valence-electron chi connectivity index (χ0n) is 13.1. The van der Waals surface area contributed by atoms with Crippen molar-refractivity contribution in [1.29, 1.82) is 0 Å². The molecule has 0 aliphatic heterocycles. The van der Waals surface area contributed by atoms with Gasteiger partial charge in [0.15, 0.2) is 5.78 Å². The van der Waals surface area contributed by atoms with E-state index in [1.54, 1.807) is 6.20 Å². The Morgan fingerprint density at radius 3 is 2.45 bits per heavy atom. The van der Waals surface area contributed by atoms with Gasteiger partial charge in [0, 0.05) is 28.5 Å². The maximum absolute atomic E-state index is 12.1. The van der Waals surface area contributed by atoms with E-state index in [2.05, 4.69) is 19.2 Å².